The van der Waals surface area contributed by atoms with Crippen LogP contribution in [0.25, 0.3) is 0 Å². The fraction of sp³-hybridized carbons (Fsp3) is 0.803. The fourth-order valence-corrected chi connectivity index (χ4v) is 9.00. The second-order valence-electron chi connectivity index (χ2n) is 21.0. The third-order valence-electron chi connectivity index (χ3n) is 12.8. The number of unbranched alkanes of at least 4 members (excludes halogenated alkanes) is 30. The van der Waals surface area contributed by atoms with Crippen LogP contribution in [0, 0.1) is 0 Å². The van der Waals surface area contributed by atoms with Gasteiger partial charge in [-0.15, -0.1) is 0 Å². The number of hydrogen-bond donors (Lipinski definition) is 0. The molecule has 10 heteroatoms. The molecule has 0 bridgehead atoms. The fourth-order valence-electron chi connectivity index (χ4n) is 8.27. The Labute approximate surface area is 438 Å². The standard InChI is InChI=1S/C61H112NO8P/c1-6-8-10-12-14-16-18-20-22-24-26-28-30-31-32-34-36-38-40-42-44-46-48-50-52-54-61(64)70-59(58-69-71(65,66)68-56-55-62(3,4)5)57-67-60(63)53-51-49-47-45-43-41-39-37-35-33-29-27-25-23-21-19-17-15-13-11-9-7-2/h8,10,14,16,20,22,26,28,31-32,59H,6-7,9,11-13,15,17-19,21,23-25,27,29-30,33-58H2,1-5H3/b10-8-,16-14-,22-20-,28-26-,32-31-. The predicted octanol–water partition coefficient (Wildman–Crippen LogP) is 17.7. The monoisotopic (exact) mass is 1020 g/mol. The molecule has 0 N–H and O–H groups in total. The molecular formula is C61H112NO8P. The van der Waals surface area contributed by atoms with Gasteiger partial charge in [-0.2, -0.15) is 0 Å². The number of rotatable bonds is 54. The summed E-state index contributed by atoms with van der Waals surface area (Å²) in [6.45, 7) is 4.15. The van der Waals surface area contributed by atoms with Gasteiger partial charge in [0.25, 0.3) is 7.82 Å². The summed E-state index contributed by atoms with van der Waals surface area (Å²) < 4.78 is 34.2. The first-order valence-corrected chi connectivity index (χ1v) is 31.0. The van der Waals surface area contributed by atoms with E-state index >= 15 is 0 Å². The zero-order chi connectivity index (χ0) is 52.0. The van der Waals surface area contributed by atoms with E-state index in [4.69, 9.17) is 18.5 Å². The van der Waals surface area contributed by atoms with Gasteiger partial charge in [-0.3, -0.25) is 14.2 Å². The molecule has 0 heterocycles. The Morgan fingerprint density at radius 1 is 0.451 bits per heavy atom. The first-order chi connectivity index (χ1) is 34.5. The van der Waals surface area contributed by atoms with Gasteiger partial charge in [0.15, 0.2) is 6.10 Å². The van der Waals surface area contributed by atoms with Crippen molar-refractivity contribution in [2.24, 2.45) is 0 Å². The number of ether oxygens (including phenoxy) is 2. The summed E-state index contributed by atoms with van der Waals surface area (Å²) in [5, 5.41) is 0. The molecule has 2 unspecified atom stereocenters. The summed E-state index contributed by atoms with van der Waals surface area (Å²) in [5.74, 6) is -0.831. The van der Waals surface area contributed by atoms with Gasteiger partial charge >= 0.3 is 11.9 Å². The molecule has 0 aromatic heterocycles. The summed E-state index contributed by atoms with van der Waals surface area (Å²) in [5.41, 5.74) is 0. The largest absolute Gasteiger partial charge is 0.756 e. The molecule has 0 aliphatic heterocycles. The summed E-state index contributed by atoms with van der Waals surface area (Å²) in [6, 6.07) is 0. The highest BCUT2D eigenvalue weighted by atomic mass is 31.2. The van der Waals surface area contributed by atoms with Gasteiger partial charge in [-0.25, -0.2) is 0 Å². The molecule has 0 aliphatic rings. The van der Waals surface area contributed by atoms with Crippen molar-refractivity contribution in [2.75, 3.05) is 47.5 Å². The van der Waals surface area contributed by atoms with Crippen molar-refractivity contribution < 1.29 is 42.1 Å². The number of allylic oxidation sites excluding steroid dienone is 10. The van der Waals surface area contributed by atoms with Crippen LogP contribution < -0.4 is 4.89 Å². The molecule has 0 amide bonds. The summed E-state index contributed by atoms with van der Waals surface area (Å²) in [6.07, 6.45) is 66.9. The molecule has 0 rings (SSSR count). The molecule has 0 fully saturated rings. The van der Waals surface area contributed by atoms with E-state index in [1.165, 1.54) is 154 Å². The number of phosphoric acid groups is 1. The van der Waals surface area contributed by atoms with Crippen molar-refractivity contribution in [1.82, 2.24) is 0 Å². The van der Waals surface area contributed by atoms with Gasteiger partial charge in [0.2, 0.25) is 0 Å². The lowest BCUT2D eigenvalue weighted by Gasteiger charge is -2.28. The van der Waals surface area contributed by atoms with Crippen LogP contribution in [0.2, 0.25) is 0 Å². The molecule has 0 aliphatic carbocycles. The van der Waals surface area contributed by atoms with Gasteiger partial charge in [-0.1, -0.05) is 254 Å². The number of likely N-dealkylation sites (N-methyl/N-ethyl adjacent to an activating group) is 1. The Kier molecular flexibility index (Phi) is 50.9. The van der Waals surface area contributed by atoms with Crippen molar-refractivity contribution >= 4 is 19.8 Å². The third kappa shape index (κ3) is 56.9. The first-order valence-electron chi connectivity index (χ1n) is 29.5. The maximum absolute atomic E-state index is 12.8. The second kappa shape index (κ2) is 52.6. The lowest BCUT2D eigenvalue weighted by atomic mass is 10.0. The lowest BCUT2D eigenvalue weighted by Crippen LogP contribution is -2.37. The molecule has 0 saturated heterocycles. The second-order valence-corrected chi connectivity index (χ2v) is 22.4. The Morgan fingerprint density at radius 2 is 0.803 bits per heavy atom. The van der Waals surface area contributed by atoms with Gasteiger partial charge < -0.3 is 27.9 Å². The van der Waals surface area contributed by atoms with Crippen LogP contribution in [0.4, 0.5) is 0 Å². The molecule has 0 aromatic rings. The van der Waals surface area contributed by atoms with Gasteiger partial charge in [0.1, 0.15) is 19.8 Å². The maximum Gasteiger partial charge on any atom is 0.306 e. The van der Waals surface area contributed by atoms with Crippen molar-refractivity contribution in [1.29, 1.82) is 0 Å². The zero-order valence-electron chi connectivity index (χ0n) is 46.9. The summed E-state index contributed by atoms with van der Waals surface area (Å²) >= 11 is 0. The van der Waals surface area contributed by atoms with Gasteiger partial charge in [0.05, 0.1) is 27.7 Å². The van der Waals surface area contributed by atoms with Crippen LogP contribution in [-0.4, -0.2) is 70.0 Å². The average molecular weight is 1020 g/mol. The minimum Gasteiger partial charge on any atom is -0.756 e. The summed E-state index contributed by atoms with van der Waals surface area (Å²) in [4.78, 5) is 37.9. The van der Waals surface area contributed by atoms with Crippen molar-refractivity contribution in [3.05, 3.63) is 60.8 Å². The Hall–Kier alpha value is -2.29. The third-order valence-corrected chi connectivity index (χ3v) is 13.8. The van der Waals surface area contributed by atoms with Crippen molar-refractivity contribution in [3.8, 4) is 0 Å². The van der Waals surface area contributed by atoms with E-state index in [1.54, 1.807) is 0 Å². The smallest absolute Gasteiger partial charge is 0.306 e. The van der Waals surface area contributed by atoms with Crippen molar-refractivity contribution in [2.45, 2.75) is 270 Å². The number of quaternary nitrogens is 1. The van der Waals surface area contributed by atoms with E-state index in [1.807, 2.05) is 21.1 Å². The number of phosphoric ester groups is 1. The normalized spacial score (nSPS) is 13.7. The number of esters is 2. The van der Waals surface area contributed by atoms with Crippen LogP contribution in [0.1, 0.15) is 264 Å². The average Bonchev–Trinajstić information content (AvgIpc) is 3.33. The molecule has 2 atom stereocenters. The SMILES string of the molecule is CC/C=C\C/C=C\C/C=C\C/C=C\C/C=C\CCCCCCCCCCCC(=O)OC(COC(=O)CCCCCCCCCCCCCCCCCCCCCCCC)COP(=O)([O-])OCC[N+](C)(C)C. The highest BCUT2D eigenvalue weighted by Crippen LogP contribution is 2.38. The maximum atomic E-state index is 12.8. The van der Waals surface area contributed by atoms with E-state index in [0.717, 1.165) is 77.0 Å². The van der Waals surface area contributed by atoms with Gasteiger partial charge in [-0.05, 0) is 57.8 Å². The van der Waals surface area contributed by atoms with E-state index in [2.05, 4.69) is 74.6 Å². The molecule has 0 aromatic carbocycles. The predicted molar refractivity (Wildman–Crippen MR) is 300 cm³/mol. The molecule has 0 saturated carbocycles. The molecule has 0 radical (unpaired) electrons. The number of hydrogen-bond acceptors (Lipinski definition) is 8. The van der Waals surface area contributed by atoms with E-state index in [0.29, 0.717) is 17.4 Å². The van der Waals surface area contributed by atoms with Crippen LogP contribution in [0.3, 0.4) is 0 Å². The first kappa shape index (κ1) is 68.7. The lowest BCUT2D eigenvalue weighted by molar-refractivity contribution is -0.870. The Balaban J connectivity index is 4.16. The highest BCUT2D eigenvalue weighted by molar-refractivity contribution is 7.45. The van der Waals surface area contributed by atoms with Crippen LogP contribution >= 0.6 is 7.82 Å². The summed E-state index contributed by atoms with van der Waals surface area (Å²) in [7, 11) is 1.17. The van der Waals surface area contributed by atoms with Crippen molar-refractivity contribution in [3.63, 3.8) is 0 Å². The Morgan fingerprint density at radius 3 is 1.20 bits per heavy atom. The minimum absolute atomic E-state index is 0.0327. The zero-order valence-corrected chi connectivity index (χ0v) is 47.8. The molecule has 414 valence electrons. The van der Waals surface area contributed by atoms with E-state index in [-0.39, 0.29) is 32.0 Å². The molecular weight excluding hydrogens is 906 g/mol. The van der Waals surface area contributed by atoms with E-state index in [9.17, 15) is 19.0 Å². The quantitative estimate of drug-likeness (QED) is 0.0195. The minimum atomic E-state index is -4.64. The van der Waals surface area contributed by atoms with Crippen LogP contribution in [-0.2, 0) is 32.7 Å². The Bertz CT molecular complexity index is 1380. The molecule has 9 nitrogen and oxygen atoms in total. The molecule has 0 spiro atoms. The highest BCUT2D eigenvalue weighted by Gasteiger charge is 2.22. The number of carbonyl (C=O) groups is 2. The molecule has 71 heavy (non-hydrogen) atoms. The van der Waals surface area contributed by atoms with Crippen LogP contribution in [0.5, 0.6) is 0 Å². The number of nitrogens with zero attached hydrogens (tertiary/aromatic N) is 1. The van der Waals surface area contributed by atoms with E-state index < -0.39 is 26.5 Å². The topological polar surface area (TPSA) is 111 Å². The number of carbonyl (C=O) groups excluding carboxylic acids is 2. The van der Waals surface area contributed by atoms with Gasteiger partial charge in [0, 0.05) is 12.8 Å². The van der Waals surface area contributed by atoms with Crippen LogP contribution in [0.15, 0.2) is 60.8 Å².